The van der Waals surface area contributed by atoms with Crippen molar-refractivity contribution in [1.29, 1.82) is 0 Å². The molecule has 1 atom stereocenters. The molecule has 3 N–H and O–H groups in total. The first-order valence-electron chi connectivity index (χ1n) is 7.50. The summed E-state index contributed by atoms with van der Waals surface area (Å²) >= 11 is 0. The highest BCUT2D eigenvalue weighted by atomic mass is 16.5. The average molecular weight is 304 g/mol. The largest absolute Gasteiger partial charge is 0.469 e. The van der Waals surface area contributed by atoms with Crippen LogP contribution in [0.5, 0.6) is 0 Å². The van der Waals surface area contributed by atoms with Crippen molar-refractivity contribution in [3.05, 3.63) is 28.8 Å². The van der Waals surface area contributed by atoms with Crippen molar-refractivity contribution in [2.24, 2.45) is 11.7 Å². The molecule has 120 valence electrons. The number of carbonyl (C=O) groups excluding carboxylic acids is 2. The summed E-state index contributed by atoms with van der Waals surface area (Å²) in [5.74, 6) is -0.117. The Morgan fingerprint density at radius 1 is 1.27 bits per heavy atom. The molecule has 6 heteroatoms. The van der Waals surface area contributed by atoms with E-state index in [1.54, 1.807) is 0 Å². The van der Waals surface area contributed by atoms with Crippen LogP contribution in [0.25, 0.3) is 0 Å². The van der Waals surface area contributed by atoms with Crippen LogP contribution in [-0.4, -0.2) is 25.7 Å². The molecule has 5 nitrogen and oxygen atoms in total. The van der Waals surface area contributed by atoms with E-state index in [0.717, 1.165) is 22.4 Å². The van der Waals surface area contributed by atoms with Crippen LogP contribution in [0.2, 0.25) is 0 Å². The first kappa shape index (κ1) is 18.2. The van der Waals surface area contributed by atoms with E-state index >= 15 is 0 Å². The number of rotatable bonds is 6. The minimum Gasteiger partial charge on any atom is -0.469 e. The minimum atomic E-state index is -0.514. The number of amides is 1. The second-order valence-corrected chi connectivity index (χ2v) is 6.11. The highest BCUT2D eigenvalue weighted by Crippen LogP contribution is 2.23. The molecule has 0 saturated carbocycles. The molecular formula is C16H25BN2O3. The Kier molecular flexibility index (Phi) is 6.62. The molecule has 0 saturated heterocycles. The molecule has 0 aliphatic rings. The summed E-state index contributed by atoms with van der Waals surface area (Å²) in [6.45, 7) is 8.13. The molecule has 1 amide bonds. The summed E-state index contributed by atoms with van der Waals surface area (Å²) in [5.41, 5.74) is 9.43. The quantitative estimate of drug-likeness (QED) is 0.786. The van der Waals surface area contributed by atoms with E-state index < -0.39 is 6.04 Å². The molecular weight excluding hydrogens is 279 g/mol. The third-order valence-electron chi connectivity index (χ3n) is 3.34. The zero-order valence-corrected chi connectivity index (χ0v) is 14.0. The SMILES string of the molecule is BC(=O)OCc1cc(C)c(NC(=O)C(N)CC(C)C)c(C)c1. The van der Waals surface area contributed by atoms with Gasteiger partial charge in [-0.1, -0.05) is 26.0 Å². The molecule has 22 heavy (non-hydrogen) atoms. The maximum atomic E-state index is 12.1. The molecule has 0 bridgehead atoms. The fraction of sp³-hybridized carbons (Fsp3) is 0.500. The van der Waals surface area contributed by atoms with E-state index in [1.807, 2.05) is 39.8 Å². The Labute approximate surface area is 133 Å². The van der Waals surface area contributed by atoms with Gasteiger partial charge in [-0.15, -0.1) is 0 Å². The van der Waals surface area contributed by atoms with Crippen molar-refractivity contribution in [3.8, 4) is 0 Å². The topological polar surface area (TPSA) is 81.4 Å². The van der Waals surface area contributed by atoms with Gasteiger partial charge in [-0.2, -0.15) is 0 Å². The molecule has 1 aromatic carbocycles. The normalized spacial score (nSPS) is 12.1. The summed E-state index contributed by atoms with van der Waals surface area (Å²) in [6.07, 6.45) is 0.647. The maximum Gasteiger partial charge on any atom is 0.243 e. The molecule has 0 spiro atoms. The lowest BCUT2D eigenvalue weighted by Crippen LogP contribution is -2.37. The van der Waals surface area contributed by atoms with Crippen LogP contribution in [0.15, 0.2) is 12.1 Å². The summed E-state index contributed by atoms with van der Waals surface area (Å²) in [4.78, 5) is 23.0. The highest BCUT2D eigenvalue weighted by Gasteiger charge is 2.17. The number of aryl methyl sites for hydroxylation is 2. The van der Waals surface area contributed by atoms with Crippen LogP contribution in [0, 0.1) is 19.8 Å². The number of benzene rings is 1. The number of nitrogens with two attached hydrogens (primary N) is 1. The maximum absolute atomic E-state index is 12.1. The van der Waals surface area contributed by atoms with E-state index in [2.05, 4.69) is 5.32 Å². The summed E-state index contributed by atoms with van der Waals surface area (Å²) in [6, 6.07) is 3.29. The van der Waals surface area contributed by atoms with Crippen molar-refractivity contribution >= 4 is 25.3 Å². The van der Waals surface area contributed by atoms with Crippen molar-refractivity contribution in [1.82, 2.24) is 0 Å². The monoisotopic (exact) mass is 304 g/mol. The smallest absolute Gasteiger partial charge is 0.243 e. The van der Waals surface area contributed by atoms with E-state index in [4.69, 9.17) is 10.5 Å². The summed E-state index contributed by atoms with van der Waals surface area (Å²) < 4.78 is 4.99. The molecule has 0 aliphatic heterocycles. The number of nitrogens with one attached hydrogen (secondary N) is 1. The first-order valence-corrected chi connectivity index (χ1v) is 7.50. The predicted molar refractivity (Wildman–Crippen MR) is 90.7 cm³/mol. The van der Waals surface area contributed by atoms with E-state index in [-0.39, 0.29) is 18.4 Å². The van der Waals surface area contributed by atoms with Gasteiger partial charge >= 0.3 is 0 Å². The van der Waals surface area contributed by atoms with Gasteiger partial charge in [0.05, 0.1) is 6.04 Å². The molecule has 0 radical (unpaired) electrons. The van der Waals surface area contributed by atoms with E-state index in [1.165, 1.54) is 7.85 Å². The molecule has 1 unspecified atom stereocenters. The van der Waals surface area contributed by atoms with Gasteiger partial charge in [0.25, 0.3) is 0 Å². The molecule has 0 aromatic heterocycles. The van der Waals surface area contributed by atoms with Gasteiger partial charge in [0.2, 0.25) is 19.6 Å². The third kappa shape index (κ3) is 5.52. The second-order valence-electron chi connectivity index (χ2n) is 6.11. The minimum absolute atomic E-state index is 0.173. The van der Waals surface area contributed by atoms with Crippen LogP contribution in [0.3, 0.4) is 0 Å². The molecule has 0 aliphatic carbocycles. The van der Waals surface area contributed by atoms with Crippen LogP contribution in [-0.2, 0) is 16.1 Å². The zero-order valence-electron chi connectivity index (χ0n) is 14.0. The van der Waals surface area contributed by atoms with Crippen LogP contribution < -0.4 is 11.1 Å². The second kappa shape index (κ2) is 7.99. The number of ether oxygens (including phenoxy) is 1. The van der Waals surface area contributed by atoms with Crippen LogP contribution in [0.4, 0.5) is 10.5 Å². The van der Waals surface area contributed by atoms with Crippen molar-refractivity contribution in [2.75, 3.05) is 5.32 Å². The van der Waals surface area contributed by atoms with Gasteiger partial charge in [-0.25, -0.2) is 0 Å². The lowest BCUT2D eigenvalue weighted by Gasteiger charge is -2.18. The molecule has 0 fully saturated rings. The Hall–Kier alpha value is -1.82. The summed E-state index contributed by atoms with van der Waals surface area (Å²) in [7, 11) is 1.38. The fourth-order valence-electron chi connectivity index (χ4n) is 2.35. The highest BCUT2D eigenvalue weighted by molar-refractivity contribution is 6.55. The first-order chi connectivity index (χ1) is 10.2. The van der Waals surface area contributed by atoms with Gasteiger partial charge in [0, 0.05) is 5.69 Å². The summed E-state index contributed by atoms with van der Waals surface area (Å²) in [5, 5.41) is 2.90. The lowest BCUT2D eigenvalue weighted by molar-refractivity contribution is -0.117. The standard InChI is InChI=1S/C16H25BN2O3/c1-9(2)5-13(18)15(20)19-14-10(3)6-12(7-11(14)4)8-22-16(17)21/h6-7,9,13H,5,8,17-18H2,1-4H3,(H,19,20). The van der Waals surface area contributed by atoms with Gasteiger partial charge in [-0.05, 0) is 42.9 Å². The Balaban J connectivity index is 2.83. The van der Waals surface area contributed by atoms with Gasteiger partial charge in [-0.3, -0.25) is 9.59 Å². The Morgan fingerprint density at radius 3 is 2.27 bits per heavy atom. The lowest BCUT2D eigenvalue weighted by atomic mass is 10.0. The van der Waals surface area contributed by atoms with Crippen LogP contribution >= 0.6 is 0 Å². The van der Waals surface area contributed by atoms with E-state index in [9.17, 15) is 9.59 Å². The van der Waals surface area contributed by atoms with E-state index in [0.29, 0.717) is 12.3 Å². The van der Waals surface area contributed by atoms with Crippen LogP contribution in [0.1, 0.15) is 37.0 Å². The van der Waals surface area contributed by atoms with Crippen molar-refractivity contribution in [2.45, 2.75) is 46.8 Å². The number of hydrogen-bond acceptors (Lipinski definition) is 4. The average Bonchev–Trinajstić information content (AvgIpc) is 2.39. The van der Waals surface area contributed by atoms with Gasteiger partial charge in [0.15, 0.2) is 0 Å². The number of carbonyl (C=O) groups is 2. The van der Waals surface area contributed by atoms with Crippen molar-refractivity contribution in [3.63, 3.8) is 0 Å². The molecule has 0 heterocycles. The zero-order chi connectivity index (χ0) is 16.9. The fourth-order valence-corrected chi connectivity index (χ4v) is 2.35. The number of hydrogen-bond donors (Lipinski definition) is 2. The molecule has 1 rings (SSSR count). The Morgan fingerprint density at radius 2 is 1.82 bits per heavy atom. The number of anilines is 1. The van der Waals surface area contributed by atoms with Gasteiger partial charge in [0.1, 0.15) is 6.61 Å². The molecule has 1 aromatic rings. The Bertz CT molecular complexity index is 535. The predicted octanol–water partition coefficient (Wildman–Crippen LogP) is 1.89. The van der Waals surface area contributed by atoms with Gasteiger partial charge < -0.3 is 15.8 Å². The third-order valence-corrected chi connectivity index (χ3v) is 3.34. The van der Waals surface area contributed by atoms with Crippen molar-refractivity contribution < 1.29 is 14.3 Å².